The van der Waals surface area contributed by atoms with Crippen molar-refractivity contribution < 1.29 is 4.57 Å². The predicted octanol–water partition coefficient (Wildman–Crippen LogP) is 3.07. The molecule has 0 atom stereocenters. The standard InChI is InChI=1S/C21H22N6/c1-14-10-15(2)21(16(3)11-14)26-9-8-25(13-26)19-6-7-20(23-22-19)27-18(5)12-17(4)24-27/h6-12H,1-5H3. The van der Waals surface area contributed by atoms with E-state index in [1.165, 1.54) is 16.7 Å². The van der Waals surface area contributed by atoms with E-state index in [1.807, 2.05) is 53.6 Å². The summed E-state index contributed by atoms with van der Waals surface area (Å²) in [5, 5.41) is 13.1. The molecule has 0 aliphatic carbocycles. The van der Waals surface area contributed by atoms with E-state index in [4.69, 9.17) is 0 Å². The van der Waals surface area contributed by atoms with E-state index in [2.05, 4.69) is 54.5 Å². The van der Waals surface area contributed by atoms with E-state index in [0.29, 0.717) is 11.6 Å². The van der Waals surface area contributed by atoms with Crippen LogP contribution in [0.1, 0.15) is 28.1 Å². The Bertz CT molecular complexity index is 1100. The van der Waals surface area contributed by atoms with Crippen LogP contribution in [0.2, 0.25) is 0 Å². The molecule has 0 N–H and O–H groups in total. The van der Waals surface area contributed by atoms with E-state index >= 15 is 0 Å². The molecule has 3 aromatic heterocycles. The molecule has 0 fully saturated rings. The summed E-state index contributed by atoms with van der Waals surface area (Å²) in [5.74, 6) is 1.41. The van der Waals surface area contributed by atoms with Gasteiger partial charge in [0.05, 0.1) is 11.4 Å². The SMILES string of the molecule is Cc1cc(C)c(-[n+]2[c-]n(-c3ccc(-n4nc(C)cc4C)nn3)cc2)c(C)c1. The number of benzene rings is 1. The third-order valence-corrected chi connectivity index (χ3v) is 4.57. The lowest BCUT2D eigenvalue weighted by Crippen LogP contribution is -2.30. The molecule has 3 heterocycles. The first-order valence-corrected chi connectivity index (χ1v) is 8.90. The van der Waals surface area contributed by atoms with Crippen molar-refractivity contribution in [1.82, 2.24) is 24.5 Å². The van der Waals surface area contributed by atoms with Crippen molar-refractivity contribution in [1.29, 1.82) is 0 Å². The smallest absolute Gasteiger partial charge is 0.270 e. The number of hydrogen-bond acceptors (Lipinski definition) is 3. The van der Waals surface area contributed by atoms with Crippen LogP contribution in [0.5, 0.6) is 0 Å². The lowest BCUT2D eigenvalue weighted by Gasteiger charge is -2.11. The monoisotopic (exact) mass is 358 g/mol. The van der Waals surface area contributed by atoms with Crippen LogP contribution in [0.4, 0.5) is 0 Å². The van der Waals surface area contributed by atoms with Crippen LogP contribution in [-0.2, 0) is 0 Å². The number of aryl methyl sites for hydroxylation is 5. The fourth-order valence-corrected chi connectivity index (χ4v) is 3.54. The minimum atomic E-state index is 0.703. The van der Waals surface area contributed by atoms with Crippen LogP contribution >= 0.6 is 0 Å². The summed E-state index contributed by atoms with van der Waals surface area (Å²) >= 11 is 0. The van der Waals surface area contributed by atoms with Gasteiger partial charge in [0.15, 0.2) is 11.6 Å². The molecular formula is C21H22N6. The molecule has 0 aliphatic rings. The van der Waals surface area contributed by atoms with Crippen molar-refractivity contribution >= 4 is 0 Å². The Morgan fingerprint density at radius 1 is 0.889 bits per heavy atom. The Morgan fingerprint density at radius 3 is 2.15 bits per heavy atom. The maximum absolute atomic E-state index is 4.45. The Balaban J connectivity index is 1.67. The molecule has 0 radical (unpaired) electrons. The summed E-state index contributed by atoms with van der Waals surface area (Å²) in [7, 11) is 0. The second-order valence-electron chi connectivity index (χ2n) is 6.97. The molecule has 0 bridgehead atoms. The van der Waals surface area contributed by atoms with Gasteiger partial charge in [-0.2, -0.15) is 5.10 Å². The first-order valence-electron chi connectivity index (χ1n) is 8.90. The van der Waals surface area contributed by atoms with Gasteiger partial charge in [-0.3, -0.25) is 9.13 Å². The molecule has 6 nitrogen and oxygen atoms in total. The second-order valence-corrected chi connectivity index (χ2v) is 6.97. The number of rotatable bonds is 3. The molecule has 0 amide bonds. The molecule has 6 heteroatoms. The summed E-state index contributed by atoms with van der Waals surface area (Å²) in [6.45, 7) is 10.3. The van der Waals surface area contributed by atoms with Gasteiger partial charge in [-0.15, -0.1) is 10.2 Å². The van der Waals surface area contributed by atoms with E-state index < -0.39 is 0 Å². The van der Waals surface area contributed by atoms with Gasteiger partial charge >= 0.3 is 0 Å². The van der Waals surface area contributed by atoms with Crippen molar-refractivity contribution in [3.05, 3.63) is 77.1 Å². The number of hydrogen-bond donors (Lipinski definition) is 0. The third kappa shape index (κ3) is 3.14. The number of imidazole rings is 1. The highest BCUT2D eigenvalue weighted by Crippen LogP contribution is 2.16. The van der Waals surface area contributed by atoms with Gasteiger partial charge in [0, 0.05) is 18.1 Å². The van der Waals surface area contributed by atoms with Gasteiger partial charge in [0.2, 0.25) is 0 Å². The van der Waals surface area contributed by atoms with E-state index in [1.54, 1.807) is 4.68 Å². The Kier molecular flexibility index (Phi) is 4.11. The minimum absolute atomic E-state index is 0.703. The van der Waals surface area contributed by atoms with Crippen molar-refractivity contribution in [2.24, 2.45) is 0 Å². The predicted molar refractivity (Wildman–Crippen MR) is 103 cm³/mol. The third-order valence-electron chi connectivity index (χ3n) is 4.57. The van der Waals surface area contributed by atoms with E-state index in [9.17, 15) is 0 Å². The van der Waals surface area contributed by atoms with Crippen LogP contribution in [0, 0.1) is 40.9 Å². The van der Waals surface area contributed by atoms with Crippen molar-refractivity contribution in [3.8, 4) is 17.3 Å². The molecule has 136 valence electrons. The molecule has 1 aromatic carbocycles. The number of nitrogens with zero attached hydrogens (tertiary/aromatic N) is 6. The Morgan fingerprint density at radius 2 is 1.56 bits per heavy atom. The summed E-state index contributed by atoms with van der Waals surface area (Å²) < 4.78 is 5.64. The lowest BCUT2D eigenvalue weighted by atomic mass is 10.1. The molecule has 27 heavy (non-hydrogen) atoms. The number of aromatic nitrogens is 6. The first-order chi connectivity index (χ1) is 12.9. The average molecular weight is 358 g/mol. The highest BCUT2D eigenvalue weighted by Gasteiger charge is 2.10. The molecule has 4 aromatic rings. The summed E-state index contributed by atoms with van der Waals surface area (Å²) in [6.07, 6.45) is 7.25. The van der Waals surface area contributed by atoms with Gasteiger partial charge in [0.1, 0.15) is 0 Å². The minimum Gasteiger partial charge on any atom is -0.298 e. The van der Waals surface area contributed by atoms with Crippen molar-refractivity contribution in [3.63, 3.8) is 0 Å². The molecular weight excluding hydrogens is 336 g/mol. The Hall–Kier alpha value is -3.28. The maximum atomic E-state index is 4.45. The normalized spacial score (nSPS) is 11.1. The highest BCUT2D eigenvalue weighted by atomic mass is 15.4. The van der Waals surface area contributed by atoms with Crippen molar-refractivity contribution in [2.45, 2.75) is 34.6 Å². The summed E-state index contributed by atoms with van der Waals surface area (Å²) in [4.78, 5) is 0. The average Bonchev–Trinajstić information content (AvgIpc) is 3.21. The van der Waals surface area contributed by atoms with Crippen LogP contribution in [0.25, 0.3) is 17.3 Å². The molecule has 0 saturated heterocycles. The van der Waals surface area contributed by atoms with Crippen LogP contribution in [0.15, 0.2) is 42.7 Å². The van der Waals surface area contributed by atoms with Crippen molar-refractivity contribution in [2.75, 3.05) is 0 Å². The molecule has 0 saturated carbocycles. The topological polar surface area (TPSA) is 52.4 Å². The zero-order chi connectivity index (χ0) is 19.1. The molecule has 4 rings (SSSR count). The fourth-order valence-electron chi connectivity index (χ4n) is 3.54. The zero-order valence-electron chi connectivity index (χ0n) is 16.2. The van der Waals surface area contributed by atoms with Crippen LogP contribution in [0.3, 0.4) is 0 Å². The fraction of sp³-hybridized carbons (Fsp3) is 0.238. The maximum Gasteiger partial charge on any atom is 0.270 e. The summed E-state index contributed by atoms with van der Waals surface area (Å²) in [5.41, 5.74) is 6.84. The van der Waals surface area contributed by atoms with Gasteiger partial charge in [-0.1, -0.05) is 17.7 Å². The quantitative estimate of drug-likeness (QED) is 0.418. The molecule has 0 aliphatic heterocycles. The van der Waals surface area contributed by atoms with Gasteiger partial charge < -0.3 is 0 Å². The first kappa shape index (κ1) is 17.1. The van der Waals surface area contributed by atoms with Gasteiger partial charge in [-0.25, -0.2) is 4.68 Å². The van der Waals surface area contributed by atoms with E-state index in [0.717, 1.165) is 17.1 Å². The molecule has 0 spiro atoms. The van der Waals surface area contributed by atoms with Crippen LogP contribution in [-0.4, -0.2) is 24.5 Å². The van der Waals surface area contributed by atoms with Gasteiger partial charge in [0.25, 0.3) is 6.33 Å². The highest BCUT2D eigenvalue weighted by molar-refractivity contribution is 5.43. The molecule has 0 unspecified atom stereocenters. The van der Waals surface area contributed by atoms with Crippen LogP contribution < -0.4 is 4.57 Å². The second kappa shape index (κ2) is 6.46. The zero-order valence-corrected chi connectivity index (χ0v) is 16.2. The lowest BCUT2D eigenvalue weighted by molar-refractivity contribution is -0.600. The summed E-state index contributed by atoms with van der Waals surface area (Å²) in [6, 6.07) is 10.2. The van der Waals surface area contributed by atoms with E-state index in [-0.39, 0.29) is 0 Å². The van der Waals surface area contributed by atoms with Gasteiger partial charge in [-0.05, 0) is 63.9 Å². The Labute approximate surface area is 158 Å². The largest absolute Gasteiger partial charge is 0.298 e.